The molecule has 8 heteroatoms. The maximum Gasteiger partial charge on any atom is 0.264 e. The Morgan fingerprint density at radius 1 is 1.27 bits per heavy atom. The fourth-order valence-electron chi connectivity index (χ4n) is 2.19. The van der Waals surface area contributed by atoms with E-state index in [-0.39, 0.29) is 18.0 Å². The van der Waals surface area contributed by atoms with Gasteiger partial charge in [-0.05, 0) is 42.5 Å². The van der Waals surface area contributed by atoms with Crippen LogP contribution in [0.15, 0.2) is 66.1 Å². The van der Waals surface area contributed by atoms with Gasteiger partial charge in [0.15, 0.2) is 0 Å². The lowest BCUT2D eigenvalue weighted by molar-refractivity contribution is -0.119. The molecule has 0 aromatic heterocycles. The Morgan fingerprint density at radius 2 is 1.96 bits per heavy atom. The van der Waals surface area contributed by atoms with Gasteiger partial charge in [0.25, 0.3) is 10.0 Å². The summed E-state index contributed by atoms with van der Waals surface area (Å²) < 4.78 is 32.3. The van der Waals surface area contributed by atoms with Gasteiger partial charge in [0, 0.05) is 11.6 Å². The first kappa shape index (κ1) is 19.8. The van der Waals surface area contributed by atoms with E-state index in [1.165, 1.54) is 31.4 Å². The Bertz CT molecular complexity index is 882. The highest BCUT2D eigenvalue weighted by Crippen LogP contribution is 2.27. The number of carbonyl (C=O) groups is 1. The zero-order valence-corrected chi connectivity index (χ0v) is 15.8. The van der Waals surface area contributed by atoms with Gasteiger partial charge >= 0.3 is 0 Å². The van der Waals surface area contributed by atoms with Gasteiger partial charge in [-0.3, -0.25) is 9.10 Å². The summed E-state index contributed by atoms with van der Waals surface area (Å²) in [6.07, 6.45) is 1.51. The normalized spacial score (nSPS) is 10.8. The number of benzene rings is 2. The van der Waals surface area contributed by atoms with Crippen molar-refractivity contribution in [1.29, 1.82) is 0 Å². The van der Waals surface area contributed by atoms with Crippen molar-refractivity contribution < 1.29 is 17.9 Å². The monoisotopic (exact) mass is 394 g/mol. The number of nitrogens with one attached hydrogen (secondary N) is 1. The molecule has 0 aliphatic rings. The fourth-order valence-corrected chi connectivity index (χ4v) is 3.79. The van der Waals surface area contributed by atoms with Crippen molar-refractivity contribution in [2.24, 2.45) is 0 Å². The molecule has 1 N–H and O–H groups in total. The molecule has 1 amide bonds. The second-order valence-electron chi connectivity index (χ2n) is 5.26. The van der Waals surface area contributed by atoms with Crippen LogP contribution in [0.5, 0.6) is 5.75 Å². The number of hydrogen-bond donors (Lipinski definition) is 1. The van der Waals surface area contributed by atoms with Crippen molar-refractivity contribution >= 4 is 33.2 Å². The van der Waals surface area contributed by atoms with Gasteiger partial charge in [-0.1, -0.05) is 23.7 Å². The summed E-state index contributed by atoms with van der Waals surface area (Å²) in [6, 6.07) is 12.2. The SMILES string of the molecule is C=CCNC(=O)CN(c1cccc(Cl)c1)S(=O)(=O)c1ccc(OC)cc1. The lowest BCUT2D eigenvalue weighted by Crippen LogP contribution is -2.40. The highest BCUT2D eigenvalue weighted by Gasteiger charge is 2.27. The van der Waals surface area contributed by atoms with Crippen molar-refractivity contribution in [3.8, 4) is 5.75 Å². The highest BCUT2D eigenvalue weighted by molar-refractivity contribution is 7.92. The zero-order valence-electron chi connectivity index (χ0n) is 14.2. The van der Waals surface area contributed by atoms with Gasteiger partial charge in [-0.15, -0.1) is 6.58 Å². The van der Waals surface area contributed by atoms with E-state index >= 15 is 0 Å². The number of amides is 1. The standard InChI is InChI=1S/C18H19ClN2O4S/c1-3-11-20-18(22)13-21(15-6-4-5-14(19)12-15)26(23,24)17-9-7-16(25-2)8-10-17/h3-10,12H,1,11,13H2,2H3,(H,20,22). The minimum absolute atomic E-state index is 0.0368. The second kappa shape index (κ2) is 8.73. The van der Waals surface area contributed by atoms with Crippen LogP contribution >= 0.6 is 11.6 Å². The second-order valence-corrected chi connectivity index (χ2v) is 7.56. The number of carbonyl (C=O) groups excluding carboxylic acids is 1. The minimum atomic E-state index is -3.98. The summed E-state index contributed by atoms with van der Waals surface area (Å²) in [6.45, 7) is 3.37. The molecule has 0 spiro atoms. The van der Waals surface area contributed by atoms with E-state index in [2.05, 4.69) is 11.9 Å². The van der Waals surface area contributed by atoms with Crippen LogP contribution in [0.1, 0.15) is 0 Å². The minimum Gasteiger partial charge on any atom is -0.497 e. The van der Waals surface area contributed by atoms with Gasteiger partial charge in [-0.25, -0.2) is 8.42 Å². The van der Waals surface area contributed by atoms with E-state index in [1.807, 2.05) is 0 Å². The average Bonchev–Trinajstić information content (AvgIpc) is 2.64. The van der Waals surface area contributed by atoms with Crippen LogP contribution in [0.3, 0.4) is 0 Å². The largest absolute Gasteiger partial charge is 0.497 e. The number of halogens is 1. The van der Waals surface area contributed by atoms with Gasteiger partial charge in [0.05, 0.1) is 17.7 Å². The Labute approximate surface area is 158 Å². The van der Waals surface area contributed by atoms with Gasteiger partial charge in [0.2, 0.25) is 5.91 Å². The maximum absolute atomic E-state index is 13.1. The molecule has 0 aliphatic heterocycles. The van der Waals surface area contributed by atoms with Crippen molar-refractivity contribution in [2.45, 2.75) is 4.90 Å². The molecule has 0 radical (unpaired) electrons. The number of hydrogen-bond acceptors (Lipinski definition) is 4. The Hall–Kier alpha value is -2.51. The molecule has 0 heterocycles. The predicted octanol–water partition coefficient (Wildman–Crippen LogP) is 2.85. The van der Waals surface area contributed by atoms with Crippen LogP contribution in [0.25, 0.3) is 0 Å². The van der Waals surface area contributed by atoms with Crippen LogP contribution in [0.2, 0.25) is 5.02 Å². The molecule has 0 fully saturated rings. The summed E-state index contributed by atoms with van der Waals surface area (Å²) in [4.78, 5) is 12.2. The van der Waals surface area contributed by atoms with E-state index in [4.69, 9.17) is 16.3 Å². The smallest absolute Gasteiger partial charge is 0.264 e. The molecule has 0 aliphatic carbocycles. The number of sulfonamides is 1. The number of ether oxygens (including phenoxy) is 1. The fraction of sp³-hybridized carbons (Fsp3) is 0.167. The van der Waals surface area contributed by atoms with E-state index in [9.17, 15) is 13.2 Å². The van der Waals surface area contributed by atoms with Crippen LogP contribution in [-0.2, 0) is 14.8 Å². The van der Waals surface area contributed by atoms with Gasteiger partial charge in [0.1, 0.15) is 12.3 Å². The molecular formula is C18H19ClN2O4S. The third-order valence-electron chi connectivity index (χ3n) is 3.47. The van der Waals surface area contributed by atoms with Crippen molar-refractivity contribution in [1.82, 2.24) is 5.32 Å². The Kier molecular flexibility index (Phi) is 6.65. The molecule has 138 valence electrons. The number of nitrogens with zero attached hydrogens (tertiary/aromatic N) is 1. The molecule has 0 unspecified atom stereocenters. The molecule has 0 saturated heterocycles. The Balaban J connectivity index is 2.43. The quantitative estimate of drug-likeness (QED) is 0.698. The molecule has 2 rings (SSSR count). The topological polar surface area (TPSA) is 75.7 Å². The summed E-state index contributed by atoms with van der Waals surface area (Å²) >= 11 is 5.99. The molecule has 2 aromatic rings. The first-order valence-corrected chi connectivity index (χ1v) is 9.50. The highest BCUT2D eigenvalue weighted by atomic mass is 35.5. The zero-order chi connectivity index (χ0) is 19.2. The van der Waals surface area contributed by atoms with E-state index in [1.54, 1.807) is 30.3 Å². The van der Waals surface area contributed by atoms with E-state index < -0.39 is 15.9 Å². The lowest BCUT2D eigenvalue weighted by Gasteiger charge is -2.24. The van der Waals surface area contributed by atoms with E-state index in [0.29, 0.717) is 16.5 Å². The van der Waals surface area contributed by atoms with Gasteiger partial charge in [-0.2, -0.15) is 0 Å². The number of methoxy groups -OCH3 is 1. The van der Waals surface area contributed by atoms with Crippen molar-refractivity contribution in [2.75, 3.05) is 24.5 Å². The predicted molar refractivity (Wildman–Crippen MR) is 102 cm³/mol. The van der Waals surface area contributed by atoms with Crippen molar-refractivity contribution in [3.05, 3.63) is 66.2 Å². The molecule has 2 aromatic carbocycles. The molecule has 6 nitrogen and oxygen atoms in total. The first-order chi connectivity index (χ1) is 12.4. The summed E-state index contributed by atoms with van der Waals surface area (Å²) in [5.41, 5.74) is 0.294. The van der Waals surface area contributed by atoms with Crippen LogP contribution in [0.4, 0.5) is 5.69 Å². The van der Waals surface area contributed by atoms with E-state index in [0.717, 1.165) is 4.31 Å². The molecule has 0 atom stereocenters. The molecule has 0 saturated carbocycles. The molecular weight excluding hydrogens is 376 g/mol. The summed E-state index contributed by atoms with van der Waals surface area (Å²) in [7, 11) is -2.49. The number of rotatable bonds is 8. The third-order valence-corrected chi connectivity index (χ3v) is 5.50. The Morgan fingerprint density at radius 3 is 2.54 bits per heavy atom. The lowest BCUT2D eigenvalue weighted by atomic mass is 10.3. The maximum atomic E-state index is 13.1. The van der Waals surface area contributed by atoms with Crippen LogP contribution in [0, 0.1) is 0 Å². The number of anilines is 1. The molecule has 26 heavy (non-hydrogen) atoms. The average molecular weight is 395 g/mol. The van der Waals surface area contributed by atoms with Crippen molar-refractivity contribution in [3.63, 3.8) is 0 Å². The van der Waals surface area contributed by atoms with Gasteiger partial charge < -0.3 is 10.1 Å². The van der Waals surface area contributed by atoms with Crippen LogP contribution < -0.4 is 14.4 Å². The third kappa shape index (κ3) is 4.77. The van der Waals surface area contributed by atoms with Crippen LogP contribution in [-0.4, -0.2) is 34.5 Å². The first-order valence-electron chi connectivity index (χ1n) is 7.68. The summed E-state index contributed by atoms with van der Waals surface area (Å²) in [5.74, 6) is 0.0731. The summed E-state index contributed by atoms with van der Waals surface area (Å²) in [5, 5.41) is 2.94. The molecule has 0 bridgehead atoms.